The SMILES string of the molecule is C=C1NCC(c2ccc(C)c(CC3CCCC3)c2)=CN1Cc1cccc(C)c1.CC. The Hall–Kier alpha value is -2.48. The van der Waals surface area contributed by atoms with Crippen molar-refractivity contribution < 1.29 is 0 Å². The second-order valence-corrected chi connectivity index (χ2v) is 8.57. The highest BCUT2D eigenvalue weighted by molar-refractivity contribution is 5.69. The van der Waals surface area contributed by atoms with E-state index in [0.29, 0.717) is 0 Å². The smallest absolute Gasteiger partial charge is 0.0985 e. The van der Waals surface area contributed by atoms with Crippen molar-refractivity contribution in [3.8, 4) is 0 Å². The fourth-order valence-electron chi connectivity index (χ4n) is 4.55. The molecule has 2 heteroatoms. The van der Waals surface area contributed by atoms with E-state index in [1.54, 1.807) is 0 Å². The van der Waals surface area contributed by atoms with Gasteiger partial charge in [-0.3, -0.25) is 0 Å². The van der Waals surface area contributed by atoms with Gasteiger partial charge in [-0.1, -0.05) is 94.1 Å². The zero-order valence-corrected chi connectivity index (χ0v) is 19.3. The summed E-state index contributed by atoms with van der Waals surface area (Å²) in [5.41, 5.74) is 8.25. The maximum absolute atomic E-state index is 4.21. The first kappa shape index (κ1) is 22.2. The van der Waals surface area contributed by atoms with Gasteiger partial charge >= 0.3 is 0 Å². The molecule has 0 amide bonds. The van der Waals surface area contributed by atoms with Gasteiger partial charge in [-0.2, -0.15) is 0 Å². The number of aryl methyl sites for hydroxylation is 2. The second-order valence-electron chi connectivity index (χ2n) is 8.57. The summed E-state index contributed by atoms with van der Waals surface area (Å²) < 4.78 is 0. The van der Waals surface area contributed by atoms with Crippen LogP contribution in [0, 0.1) is 19.8 Å². The van der Waals surface area contributed by atoms with E-state index in [1.807, 2.05) is 13.8 Å². The zero-order valence-electron chi connectivity index (χ0n) is 19.3. The minimum atomic E-state index is 0.842. The van der Waals surface area contributed by atoms with Gasteiger partial charge in [0.25, 0.3) is 0 Å². The van der Waals surface area contributed by atoms with E-state index >= 15 is 0 Å². The molecule has 1 heterocycles. The van der Waals surface area contributed by atoms with Crippen molar-refractivity contribution in [3.05, 3.63) is 88.9 Å². The predicted octanol–water partition coefficient (Wildman–Crippen LogP) is 6.98. The second kappa shape index (κ2) is 10.5. The Morgan fingerprint density at radius 3 is 2.53 bits per heavy atom. The van der Waals surface area contributed by atoms with Crippen molar-refractivity contribution in [2.75, 3.05) is 6.54 Å². The topological polar surface area (TPSA) is 15.3 Å². The molecule has 2 aromatic rings. The molecule has 1 aliphatic heterocycles. The van der Waals surface area contributed by atoms with E-state index < -0.39 is 0 Å². The molecule has 2 aromatic carbocycles. The maximum Gasteiger partial charge on any atom is 0.0985 e. The van der Waals surface area contributed by atoms with Crippen LogP contribution in [0.4, 0.5) is 0 Å². The van der Waals surface area contributed by atoms with Crippen LogP contribution in [0.5, 0.6) is 0 Å². The van der Waals surface area contributed by atoms with Gasteiger partial charge in [-0.25, -0.2) is 0 Å². The maximum atomic E-state index is 4.21. The first-order valence-electron chi connectivity index (χ1n) is 11.6. The van der Waals surface area contributed by atoms with Crippen molar-refractivity contribution in [2.45, 2.75) is 66.3 Å². The molecule has 2 aliphatic rings. The van der Waals surface area contributed by atoms with E-state index in [9.17, 15) is 0 Å². The standard InChI is InChI=1S/C26H32N2.C2H6/c1-19-7-6-10-23(13-19)17-28-18-26(16-27-21(28)3)24-12-11-20(2)25(15-24)14-22-8-4-5-9-22;1-2/h6-7,10-13,15,18,22,27H,3-5,8-9,14,16-17H2,1-2H3;1-2H3. The molecule has 0 radical (unpaired) electrons. The van der Waals surface area contributed by atoms with Gasteiger partial charge in [0.15, 0.2) is 0 Å². The molecule has 1 fully saturated rings. The Kier molecular flexibility index (Phi) is 7.79. The van der Waals surface area contributed by atoms with Crippen molar-refractivity contribution >= 4 is 5.57 Å². The molecular weight excluding hydrogens is 364 g/mol. The third kappa shape index (κ3) is 5.56. The molecule has 4 rings (SSSR count). The first-order valence-corrected chi connectivity index (χ1v) is 11.6. The van der Waals surface area contributed by atoms with Crippen LogP contribution in [0.1, 0.15) is 67.3 Å². The van der Waals surface area contributed by atoms with Crippen LogP contribution < -0.4 is 5.32 Å². The van der Waals surface area contributed by atoms with Gasteiger partial charge in [0.2, 0.25) is 0 Å². The lowest BCUT2D eigenvalue weighted by Gasteiger charge is -2.30. The van der Waals surface area contributed by atoms with Crippen LogP contribution in [0.3, 0.4) is 0 Å². The molecule has 0 saturated heterocycles. The van der Waals surface area contributed by atoms with E-state index in [-0.39, 0.29) is 0 Å². The van der Waals surface area contributed by atoms with Crippen LogP contribution in [0.25, 0.3) is 5.57 Å². The Bertz CT molecular complexity index is 887. The quantitative estimate of drug-likeness (QED) is 0.580. The monoisotopic (exact) mass is 402 g/mol. The largest absolute Gasteiger partial charge is 0.368 e. The summed E-state index contributed by atoms with van der Waals surface area (Å²) in [5, 5.41) is 3.49. The zero-order chi connectivity index (χ0) is 21.5. The summed E-state index contributed by atoms with van der Waals surface area (Å²) in [6.45, 7) is 14.3. The molecule has 0 unspecified atom stereocenters. The molecular formula is C28H38N2. The van der Waals surface area contributed by atoms with Gasteiger partial charge in [-0.15, -0.1) is 0 Å². The highest BCUT2D eigenvalue weighted by atomic mass is 15.2. The van der Waals surface area contributed by atoms with Crippen molar-refractivity contribution in [3.63, 3.8) is 0 Å². The van der Waals surface area contributed by atoms with Crippen molar-refractivity contribution in [2.24, 2.45) is 5.92 Å². The van der Waals surface area contributed by atoms with Gasteiger partial charge in [0, 0.05) is 19.3 Å². The molecule has 30 heavy (non-hydrogen) atoms. The number of hydrogen-bond donors (Lipinski definition) is 1. The third-order valence-electron chi connectivity index (χ3n) is 6.28. The van der Waals surface area contributed by atoms with Crippen molar-refractivity contribution in [1.82, 2.24) is 10.2 Å². The number of benzene rings is 2. The van der Waals surface area contributed by atoms with Gasteiger partial charge < -0.3 is 10.2 Å². The summed E-state index contributed by atoms with van der Waals surface area (Å²) >= 11 is 0. The average molecular weight is 403 g/mol. The van der Waals surface area contributed by atoms with E-state index in [2.05, 4.69) is 79.3 Å². The predicted molar refractivity (Wildman–Crippen MR) is 130 cm³/mol. The third-order valence-corrected chi connectivity index (χ3v) is 6.28. The lowest BCUT2D eigenvalue weighted by atomic mass is 9.92. The first-order chi connectivity index (χ1) is 14.6. The summed E-state index contributed by atoms with van der Waals surface area (Å²) in [6, 6.07) is 15.7. The molecule has 1 saturated carbocycles. The normalized spacial score (nSPS) is 16.6. The summed E-state index contributed by atoms with van der Waals surface area (Å²) in [5.74, 6) is 1.86. The molecule has 1 N–H and O–H groups in total. The Morgan fingerprint density at radius 2 is 1.80 bits per heavy atom. The molecule has 2 nitrogen and oxygen atoms in total. The van der Waals surface area contributed by atoms with Crippen LogP contribution in [-0.2, 0) is 13.0 Å². The summed E-state index contributed by atoms with van der Waals surface area (Å²) in [7, 11) is 0. The lowest BCUT2D eigenvalue weighted by Crippen LogP contribution is -2.33. The van der Waals surface area contributed by atoms with Crippen LogP contribution in [-0.4, -0.2) is 11.4 Å². The van der Waals surface area contributed by atoms with E-state index in [4.69, 9.17) is 0 Å². The number of nitrogens with zero attached hydrogens (tertiary/aromatic N) is 1. The molecule has 0 spiro atoms. The summed E-state index contributed by atoms with van der Waals surface area (Å²) in [4.78, 5) is 2.24. The Labute approximate surface area is 183 Å². The Morgan fingerprint density at radius 1 is 1.03 bits per heavy atom. The minimum absolute atomic E-state index is 0.842. The number of rotatable bonds is 5. The van der Waals surface area contributed by atoms with E-state index in [0.717, 1.165) is 24.8 Å². The van der Waals surface area contributed by atoms with Gasteiger partial charge in [0.05, 0.1) is 5.82 Å². The molecule has 0 atom stereocenters. The molecule has 0 aromatic heterocycles. The van der Waals surface area contributed by atoms with Crippen LogP contribution >= 0.6 is 0 Å². The van der Waals surface area contributed by atoms with E-state index in [1.165, 1.54) is 65.5 Å². The lowest BCUT2D eigenvalue weighted by molar-refractivity contribution is 0.416. The van der Waals surface area contributed by atoms with Crippen LogP contribution in [0.2, 0.25) is 0 Å². The number of nitrogens with one attached hydrogen (secondary N) is 1. The van der Waals surface area contributed by atoms with Crippen LogP contribution in [0.15, 0.2) is 61.1 Å². The number of hydrogen-bond acceptors (Lipinski definition) is 2. The highest BCUT2D eigenvalue weighted by Gasteiger charge is 2.19. The van der Waals surface area contributed by atoms with Gasteiger partial charge in [0.1, 0.15) is 0 Å². The average Bonchev–Trinajstić information content (AvgIpc) is 3.26. The molecule has 160 valence electrons. The fourth-order valence-corrected chi connectivity index (χ4v) is 4.55. The minimum Gasteiger partial charge on any atom is -0.368 e. The fraction of sp³-hybridized carbons (Fsp3) is 0.429. The van der Waals surface area contributed by atoms with Crippen molar-refractivity contribution in [1.29, 1.82) is 0 Å². The summed E-state index contributed by atoms with van der Waals surface area (Å²) in [6.07, 6.45) is 9.14. The molecule has 0 bridgehead atoms. The van der Waals surface area contributed by atoms with Gasteiger partial charge in [-0.05, 0) is 54.0 Å². The Balaban J connectivity index is 0.00000124. The molecule has 1 aliphatic carbocycles. The highest BCUT2D eigenvalue weighted by Crippen LogP contribution is 2.30.